The third-order valence-electron chi connectivity index (χ3n) is 0.221. The summed E-state index contributed by atoms with van der Waals surface area (Å²) in [7, 11) is -6.71. The van der Waals surface area contributed by atoms with Crippen LogP contribution in [0.4, 0.5) is 0 Å². The molecule has 0 aromatic rings. The molecule has 0 saturated carbocycles. The molecule has 8 heavy (non-hydrogen) atoms. The lowest BCUT2D eigenvalue weighted by Gasteiger charge is -1.87. The zero-order valence-electron chi connectivity index (χ0n) is 4.01. The summed E-state index contributed by atoms with van der Waals surface area (Å²) < 4.78 is 23.2. The first-order valence-electron chi connectivity index (χ1n) is 1.58. The van der Waals surface area contributed by atoms with Gasteiger partial charge in [0.05, 0.1) is 0 Å². The van der Waals surface area contributed by atoms with Crippen molar-refractivity contribution < 1.29 is 23.2 Å². The van der Waals surface area contributed by atoms with Crippen LogP contribution < -0.4 is 0 Å². The largest absolute Gasteiger partial charge is 0.515 e. The van der Waals surface area contributed by atoms with Gasteiger partial charge in [0.15, 0.2) is 6.66 Å². The van der Waals surface area contributed by atoms with Gasteiger partial charge in [-0.15, -0.1) is 0 Å². The summed E-state index contributed by atoms with van der Waals surface area (Å²) in [6.45, 7) is 1.06. The van der Waals surface area contributed by atoms with Crippen molar-refractivity contribution in [2.75, 3.05) is 6.66 Å². The molecule has 0 amide bonds. The third kappa shape index (κ3) is 6.21. The molecule has 0 aliphatic carbocycles. The molecule has 0 fully saturated rings. The molecular formula is CH5O5P2+. The molecule has 0 rings (SSSR count). The standard InChI is InChI=1S/CH4O5P2/c1-7(2)6-8(3,4)5/h1H3,(H-,3,4,5)/p+1. The van der Waals surface area contributed by atoms with Crippen molar-refractivity contribution in [2.45, 2.75) is 0 Å². The highest BCUT2D eigenvalue weighted by molar-refractivity contribution is 7.56. The quantitative estimate of drug-likeness (QED) is 0.572. The Morgan fingerprint density at radius 2 is 2.00 bits per heavy atom. The minimum atomic E-state index is -4.51. The van der Waals surface area contributed by atoms with Crippen LogP contribution in [0.25, 0.3) is 0 Å². The van der Waals surface area contributed by atoms with E-state index in [1.807, 2.05) is 0 Å². The van der Waals surface area contributed by atoms with Gasteiger partial charge in [-0.05, 0) is 8.88 Å². The Bertz CT molecular complexity index is 133. The van der Waals surface area contributed by atoms with Crippen LogP contribution in [-0.4, -0.2) is 16.5 Å². The summed E-state index contributed by atoms with van der Waals surface area (Å²) in [4.78, 5) is 15.8. The van der Waals surface area contributed by atoms with Crippen LogP contribution in [0.2, 0.25) is 0 Å². The maximum atomic E-state index is 9.89. The van der Waals surface area contributed by atoms with Crippen molar-refractivity contribution in [2.24, 2.45) is 0 Å². The molecule has 0 saturated heterocycles. The molecule has 1 atom stereocenters. The summed E-state index contributed by atoms with van der Waals surface area (Å²) in [5.41, 5.74) is 0. The maximum Gasteiger partial charge on any atom is 0.515 e. The minimum absolute atomic E-state index is 1.06. The number of hydrogen-bond acceptors (Lipinski definition) is 3. The van der Waals surface area contributed by atoms with E-state index in [1.54, 1.807) is 0 Å². The highest BCUT2D eigenvalue weighted by Crippen LogP contribution is 2.45. The van der Waals surface area contributed by atoms with E-state index in [-0.39, 0.29) is 0 Å². The van der Waals surface area contributed by atoms with Crippen molar-refractivity contribution in [1.29, 1.82) is 0 Å². The lowest BCUT2D eigenvalue weighted by atomic mass is 12.0. The maximum absolute atomic E-state index is 9.89. The van der Waals surface area contributed by atoms with Gasteiger partial charge in [0.2, 0.25) is 0 Å². The Hall–Kier alpha value is 0.210. The average molecular weight is 159 g/mol. The van der Waals surface area contributed by atoms with Crippen LogP contribution in [0.5, 0.6) is 0 Å². The van der Waals surface area contributed by atoms with Gasteiger partial charge in [0.1, 0.15) is 0 Å². The Balaban J connectivity index is 3.74. The van der Waals surface area contributed by atoms with Gasteiger partial charge in [-0.3, -0.25) is 0 Å². The van der Waals surface area contributed by atoms with Crippen LogP contribution in [-0.2, 0) is 13.4 Å². The molecule has 7 heteroatoms. The second kappa shape index (κ2) is 2.67. The molecule has 0 heterocycles. The lowest BCUT2D eigenvalue weighted by Crippen LogP contribution is -1.75. The highest BCUT2D eigenvalue weighted by atomic mass is 31.2. The molecule has 0 spiro atoms. The minimum Gasteiger partial charge on any atom is -0.300 e. The first-order valence-corrected chi connectivity index (χ1v) is 4.73. The Kier molecular flexibility index (Phi) is 2.74. The summed E-state index contributed by atoms with van der Waals surface area (Å²) in [6, 6.07) is 0. The van der Waals surface area contributed by atoms with Crippen LogP contribution in [0.1, 0.15) is 0 Å². The van der Waals surface area contributed by atoms with E-state index < -0.39 is 15.9 Å². The third-order valence-corrected chi connectivity index (χ3v) is 1.99. The Morgan fingerprint density at radius 3 is 2.00 bits per heavy atom. The predicted octanol–water partition coefficient (Wildman–Crippen LogP) is 0.468. The van der Waals surface area contributed by atoms with Crippen LogP contribution in [0, 0.1) is 0 Å². The fourth-order valence-electron chi connectivity index (χ4n) is 0.150. The van der Waals surface area contributed by atoms with E-state index in [2.05, 4.69) is 4.31 Å². The summed E-state index contributed by atoms with van der Waals surface area (Å²) in [6.07, 6.45) is 0. The van der Waals surface area contributed by atoms with Crippen molar-refractivity contribution in [3.63, 3.8) is 0 Å². The first kappa shape index (κ1) is 8.21. The number of phosphoric acid groups is 1. The SMILES string of the molecule is C[P+](=O)OP(=O)(O)O. The molecule has 0 radical (unpaired) electrons. The second-order valence-electron chi connectivity index (χ2n) is 1.01. The fourth-order valence-corrected chi connectivity index (χ4v) is 1.35. The Morgan fingerprint density at radius 1 is 1.62 bits per heavy atom. The van der Waals surface area contributed by atoms with Crippen LogP contribution >= 0.6 is 15.9 Å². The summed E-state index contributed by atoms with van der Waals surface area (Å²) >= 11 is 0. The number of rotatable bonds is 2. The normalized spacial score (nSPS) is 13.6. The van der Waals surface area contributed by atoms with Crippen molar-refractivity contribution in [3.05, 3.63) is 0 Å². The van der Waals surface area contributed by atoms with Gasteiger partial charge < -0.3 is 9.79 Å². The van der Waals surface area contributed by atoms with E-state index in [0.29, 0.717) is 0 Å². The first-order chi connectivity index (χ1) is 3.42. The molecule has 0 aromatic heterocycles. The molecule has 5 nitrogen and oxygen atoms in total. The topological polar surface area (TPSA) is 83.8 Å². The van der Waals surface area contributed by atoms with Crippen molar-refractivity contribution in [1.82, 2.24) is 0 Å². The number of hydrogen-bond donors (Lipinski definition) is 2. The van der Waals surface area contributed by atoms with Gasteiger partial charge in [0.25, 0.3) is 0 Å². The zero-order valence-corrected chi connectivity index (χ0v) is 5.80. The predicted molar refractivity (Wildman–Crippen MR) is 26.7 cm³/mol. The van der Waals surface area contributed by atoms with Crippen molar-refractivity contribution >= 4 is 15.9 Å². The summed E-state index contributed by atoms with van der Waals surface area (Å²) in [5.74, 6) is 0. The van der Waals surface area contributed by atoms with E-state index in [9.17, 15) is 9.13 Å². The van der Waals surface area contributed by atoms with E-state index in [1.165, 1.54) is 0 Å². The van der Waals surface area contributed by atoms with Gasteiger partial charge in [-0.2, -0.15) is 0 Å². The van der Waals surface area contributed by atoms with Crippen LogP contribution in [0.15, 0.2) is 0 Å². The second-order valence-corrected chi connectivity index (χ2v) is 3.53. The van der Waals surface area contributed by atoms with Gasteiger partial charge in [-0.1, -0.05) is 0 Å². The van der Waals surface area contributed by atoms with E-state index >= 15 is 0 Å². The fraction of sp³-hybridized carbons (Fsp3) is 1.00. The van der Waals surface area contributed by atoms with E-state index in [0.717, 1.165) is 6.66 Å². The lowest BCUT2D eigenvalue weighted by molar-refractivity contribution is 0.289. The van der Waals surface area contributed by atoms with Crippen molar-refractivity contribution in [3.8, 4) is 0 Å². The molecule has 1 unspecified atom stereocenters. The Labute approximate surface area is 46.8 Å². The monoisotopic (exact) mass is 159 g/mol. The molecule has 48 valence electrons. The molecule has 0 aromatic carbocycles. The van der Waals surface area contributed by atoms with Crippen LogP contribution in [0.3, 0.4) is 0 Å². The van der Waals surface area contributed by atoms with E-state index in [4.69, 9.17) is 9.79 Å². The molecule has 0 aliphatic heterocycles. The van der Waals surface area contributed by atoms with Gasteiger partial charge in [0, 0.05) is 0 Å². The highest BCUT2D eigenvalue weighted by Gasteiger charge is 2.26. The molecular weight excluding hydrogens is 154 g/mol. The molecule has 2 N–H and O–H groups in total. The zero-order chi connectivity index (χ0) is 6.78. The van der Waals surface area contributed by atoms with Gasteiger partial charge >= 0.3 is 15.9 Å². The smallest absolute Gasteiger partial charge is 0.300 e. The molecule has 0 aliphatic rings. The summed E-state index contributed by atoms with van der Waals surface area (Å²) in [5, 5.41) is 0. The molecule has 0 bridgehead atoms. The van der Waals surface area contributed by atoms with Gasteiger partial charge in [-0.25, -0.2) is 4.57 Å². The average Bonchev–Trinajstić information content (AvgIpc) is 1.21.